The molecule has 3 N–H and O–H groups in total. The van der Waals surface area contributed by atoms with Gasteiger partial charge in [0.15, 0.2) is 0 Å². The van der Waals surface area contributed by atoms with Gasteiger partial charge >= 0.3 is 0 Å². The van der Waals surface area contributed by atoms with Crippen molar-refractivity contribution in [2.45, 2.75) is 13.0 Å². The predicted octanol–water partition coefficient (Wildman–Crippen LogP) is 0.997. The molecule has 74 valence electrons. The molecule has 1 rings (SSSR count). The molecule has 0 amide bonds. The molecular weight excluding hydrogens is 174 g/mol. The second-order valence-electron chi connectivity index (χ2n) is 3.13. The average molecular weight is 189 g/mol. The van der Waals surface area contributed by atoms with Crippen molar-refractivity contribution in [3.8, 4) is 6.07 Å². The van der Waals surface area contributed by atoms with E-state index >= 15 is 0 Å². The van der Waals surface area contributed by atoms with Gasteiger partial charge in [-0.2, -0.15) is 5.26 Å². The highest BCUT2D eigenvalue weighted by Crippen LogP contribution is 2.03. The summed E-state index contributed by atoms with van der Waals surface area (Å²) in [4.78, 5) is 0. The van der Waals surface area contributed by atoms with Gasteiger partial charge in [0.1, 0.15) is 0 Å². The smallest absolute Gasteiger partial charge is 0.0991 e. The molecule has 1 aromatic carbocycles. The maximum Gasteiger partial charge on any atom is 0.0991 e. The third-order valence-electron chi connectivity index (χ3n) is 1.94. The first-order chi connectivity index (χ1) is 6.86. The van der Waals surface area contributed by atoms with Gasteiger partial charge in [0.05, 0.1) is 11.6 Å². The molecule has 0 spiro atoms. The summed E-state index contributed by atoms with van der Waals surface area (Å²) in [6.45, 7) is 2.44. The molecule has 0 aromatic heterocycles. The SMILES string of the molecule is N#Cc1cccc(CNCCCN)c1. The third kappa shape index (κ3) is 3.56. The quantitative estimate of drug-likeness (QED) is 0.679. The zero-order valence-electron chi connectivity index (χ0n) is 8.16. The Kier molecular flexibility index (Phi) is 4.70. The number of nitrogens with one attached hydrogen (secondary N) is 1. The molecule has 0 aliphatic rings. The van der Waals surface area contributed by atoms with Gasteiger partial charge in [-0.1, -0.05) is 12.1 Å². The molecule has 0 heterocycles. The van der Waals surface area contributed by atoms with E-state index in [1.54, 1.807) is 0 Å². The van der Waals surface area contributed by atoms with Crippen LogP contribution < -0.4 is 11.1 Å². The maximum atomic E-state index is 8.68. The Labute approximate surface area is 84.5 Å². The molecule has 0 aliphatic carbocycles. The zero-order valence-corrected chi connectivity index (χ0v) is 8.16. The largest absolute Gasteiger partial charge is 0.330 e. The lowest BCUT2D eigenvalue weighted by Gasteiger charge is -2.03. The van der Waals surface area contributed by atoms with Crippen LogP contribution >= 0.6 is 0 Å². The van der Waals surface area contributed by atoms with Crippen LogP contribution in [-0.2, 0) is 6.54 Å². The molecule has 0 aliphatic heterocycles. The molecule has 3 heteroatoms. The number of nitrogens with two attached hydrogens (primary N) is 1. The van der Waals surface area contributed by atoms with Crippen LogP contribution in [0.15, 0.2) is 24.3 Å². The summed E-state index contributed by atoms with van der Waals surface area (Å²) >= 11 is 0. The van der Waals surface area contributed by atoms with E-state index in [1.165, 1.54) is 0 Å². The molecule has 0 radical (unpaired) electrons. The second kappa shape index (κ2) is 6.14. The Morgan fingerprint density at radius 3 is 3.00 bits per heavy atom. The van der Waals surface area contributed by atoms with E-state index in [0.717, 1.165) is 25.1 Å². The van der Waals surface area contributed by atoms with E-state index in [-0.39, 0.29) is 0 Å². The number of nitrogens with zero attached hydrogens (tertiary/aromatic N) is 1. The zero-order chi connectivity index (χ0) is 10.2. The van der Waals surface area contributed by atoms with Crippen LogP contribution in [0.3, 0.4) is 0 Å². The first kappa shape index (κ1) is 10.7. The lowest BCUT2D eigenvalue weighted by Crippen LogP contribution is -2.17. The standard InChI is InChI=1S/C11H15N3/c12-5-2-6-14-9-11-4-1-3-10(7-11)8-13/h1,3-4,7,14H,2,5-6,9,12H2. The first-order valence-electron chi connectivity index (χ1n) is 4.76. The summed E-state index contributed by atoms with van der Waals surface area (Å²) in [5.74, 6) is 0. The molecule has 1 aromatic rings. The van der Waals surface area contributed by atoms with Crippen molar-refractivity contribution in [3.63, 3.8) is 0 Å². The topological polar surface area (TPSA) is 61.8 Å². The molecule has 0 saturated heterocycles. The van der Waals surface area contributed by atoms with Gasteiger partial charge < -0.3 is 11.1 Å². The minimum Gasteiger partial charge on any atom is -0.330 e. The summed E-state index contributed by atoms with van der Waals surface area (Å²) in [5.41, 5.74) is 7.22. The molecule has 0 saturated carbocycles. The summed E-state index contributed by atoms with van der Waals surface area (Å²) in [6.07, 6.45) is 0.984. The number of hydrogen-bond acceptors (Lipinski definition) is 3. The molecule has 0 atom stereocenters. The fourth-order valence-corrected chi connectivity index (χ4v) is 1.21. The van der Waals surface area contributed by atoms with Gasteiger partial charge in [-0.05, 0) is 37.2 Å². The molecule has 14 heavy (non-hydrogen) atoms. The highest BCUT2D eigenvalue weighted by atomic mass is 14.8. The molecule has 0 bridgehead atoms. The Bertz CT molecular complexity index is 315. The minimum atomic E-state index is 0.711. The fraction of sp³-hybridized carbons (Fsp3) is 0.364. The van der Waals surface area contributed by atoms with Crippen LogP contribution in [0.5, 0.6) is 0 Å². The monoisotopic (exact) mass is 189 g/mol. The van der Waals surface area contributed by atoms with Crippen LogP contribution in [0.4, 0.5) is 0 Å². The van der Waals surface area contributed by atoms with E-state index < -0.39 is 0 Å². The number of benzene rings is 1. The number of rotatable bonds is 5. The average Bonchev–Trinajstić information content (AvgIpc) is 2.25. The predicted molar refractivity (Wildman–Crippen MR) is 56.5 cm³/mol. The summed E-state index contributed by atoms with van der Waals surface area (Å²) in [7, 11) is 0. The minimum absolute atomic E-state index is 0.711. The summed E-state index contributed by atoms with van der Waals surface area (Å²) < 4.78 is 0. The van der Waals surface area contributed by atoms with Crippen molar-refractivity contribution in [1.82, 2.24) is 5.32 Å². The van der Waals surface area contributed by atoms with Crippen molar-refractivity contribution in [1.29, 1.82) is 5.26 Å². The van der Waals surface area contributed by atoms with Crippen LogP contribution in [0, 0.1) is 11.3 Å². The highest BCUT2D eigenvalue weighted by molar-refractivity contribution is 5.32. The number of nitriles is 1. The normalized spacial score (nSPS) is 9.71. The van der Waals surface area contributed by atoms with E-state index in [0.29, 0.717) is 12.1 Å². The fourth-order valence-electron chi connectivity index (χ4n) is 1.21. The van der Waals surface area contributed by atoms with Gasteiger partial charge in [-0.25, -0.2) is 0 Å². The van der Waals surface area contributed by atoms with Crippen molar-refractivity contribution in [2.24, 2.45) is 5.73 Å². The van der Waals surface area contributed by atoms with E-state index in [9.17, 15) is 0 Å². The molecule has 0 unspecified atom stereocenters. The van der Waals surface area contributed by atoms with Crippen LogP contribution in [0.2, 0.25) is 0 Å². The Morgan fingerprint density at radius 1 is 1.43 bits per heavy atom. The second-order valence-corrected chi connectivity index (χ2v) is 3.13. The molecular formula is C11H15N3. The van der Waals surface area contributed by atoms with E-state index in [4.69, 9.17) is 11.0 Å². The Balaban J connectivity index is 2.39. The molecule has 3 nitrogen and oxygen atoms in total. The van der Waals surface area contributed by atoms with Crippen molar-refractivity contribution >= 4 is 0 Å². The lowest BCUT2D eigenvalue weighted by atomic mass is 10.1. The van der Waals surface area contributed by atoms with Gasteiger partial charge in [0.25, 0.3) is 0 Å². The lowest BCUT2D eigenvalue weighted by molar-refractivity contribution is 0.655. The Hall–Kier alpha value is -1.37. The highest BCUT2D eigenvalue weighted by Gasteiger charge is 1.94. The van der Waals surface area contributed by atoms with E-state index in [2.05, 4.69) is 11.4 Å². The first-order valence-corrected chi connectivity index (χ1v) is 4.76. The Morgan fingerprint density at radius 2 is 2.29 bits per heavy atom. The molecule has 0 fully saturated rings. The summed E-state index contributed by atoms with van der Waals surface area (Å²) in [6, 6.07) is 9.74. The number of hydrogen-bond donors (Lipinski definition) is 2. The van der Waals surface area contributed by atoms with Gasteiger partial charge in [-0.15, -0.1) is 0 Å². The van der Waals surface area contributed by atoms with Crippen molar-refractivity contribution < 1.29 is 0 Å². The van der Waals surface area contributed by atoms with Gasteiger partial charge in [0.2, 0.25) is 0 Å². The maximum absolute atomic E-state index is 8.68. The third-order valence-corrected chi connectivity index (χ3v) is 1.94. The van der Waals surface area contributed by atoms with Crippen LogP contribution in [0.25, 0.3) is 0 Å². The van der Waals surface area contributed by atoms with Crippen LogP contribution in [0.1, 0.15) is 17.5 Å². The summed E-state index contributed by atoms with van der Waals surface area (Å²) in [5, 5.41) is 11.9. The van der Waals surface area contributed by atoms with Crippen LogP contribution in [-0.4, -0.2) is 13.1 Å². The van der Waals surface area contributed by atoms with Crippen molar-refractivity contribution in [3.05, 3.63) is 35.4 Å². The van der Waals surface area contributed by atoms with Crippen molar-refractivity contribution in [2.75, 3.05) is 13.1 Å². The van der Waals surface area contributed by atoms with Gasteiger partial charge in [0, 0.05) is 6.54 Å². The van der Waals surface area contributed by atoms with E-state index in [1.807, 2.05) is 24.3 Å². The van der Waals surface area contributed by atoms with Gasteiger partial charge in [-0.3, -0.25) is 0 Å².